The van der Waals surface area contributed by atoms with Crippen molar-refractivity contribution in [1.29, 1.82) is 0 Å². The Morgan fingerprint density at radius 3 is 2.59 bits per heavy atom. The summed E-state index contributed by atoms with van der Waals surface area (Å²) < 4.78 is 43.2. The molecule has 1 fully saturated rings. The Morgan fingerprint density at radius 1 is 1.35 bits per heavy atom. The maximum Gasteiger partial charge on any atom is 0.414 e. The van der Waals surface area contributed by atoms with Crippen LogP contribution in [-0.4, -0.2) is 24.9 Å². The molecule has 0 amide bonds. The van der Waals surface area contributed by atoms with Gasteiger partial charge in [0.25, 0.3) is 0 Å². The third-order valence-corrected chi connectivity index (χ3v) is 3.46. The summed E-state index contributed by atoms with van der Waals surface area (Å²) in [6.07, 6.45) is -1.76. The van der Waals surface area contributed by atoms with E-state index in [4.69, 9.17) is 10.5 Å². The highest BCUT2D eigenvalue weighted by Crippen LogP contribution is 2.33. The molecular weight excluding hydrogens is 231 g/mol. The average Bonchev–Trinajstić information content (AvgIpc) is 2.27. The smallest absolute Gasteiger partial charge is 0.365 e. The summed E-state index contributed by atoms with van der Waals surface area (Å²) in [6.45, 7) is 2.09. The van der Waals surface area contributed by atoms with Gasteiger partial charge in [0.15, 0.2) is 6.10 Å². The van der Waals surface area contributed by atoms with Crippen molar-refractivity contribution in [2.45, 2.75) is 63.8 Å². The molecule has 1 aliphatic rings. The summed E-state index contributed by atoms with van der Waals surface area (Å²) in [5.41, 5.74) is 5.20. The Bertz CT molecular complexity index is 220. The molecule has 0 aliphatic heterocycles. The van der Waals surface area contributed by atoms with Gasteiger partial charge in [-0.1, -0.05) is 26.2 Å². The first-order valence-corrected chi connectivity index (χ1v) is 6.39. The van der Waals surface area contributed by atoms with Crippen molar-refractivity contribution in [1.82, 2.24) is 0 Å². The molecule has 17 heavy (non-hydrogen) atoms. The van der Waals surface area contributed by atoms with Crippen molar-refractivity contribution in [3.05, 3.63) is 0 Å². The van der Waals surface area contributed by atoms with Gasteiger partial charge in [0.1, 0.15) is 0 Å². The normalized spacial score (nSPS) is 28.1. The summed E-state index contributed by atoms with van der Waals surface area (Å²) in [4.78, 5) is 0. The van der Waals surface area contributed by atoms with Crippen LogP contribution in [0, 0.1) is 5.92 Å². The van der Waals surface area contributed by atoms with Crippen LogP contribution in [0.3, 0.4) is 0 Å². The molecule has 1 aliphatic carbocycles. The van der Waals surface area contributed by atoms with Crippen LogP contribution in [0.25, 0.3) is 0 Å². The van der Waals surface area contributed by atoms with Gasteiger partial charge in [0.05, 0.1) is 6.10 Å². The highest BCUT2D eigenvalue weighted by molar-refractivity contribution is 4.76. The fraction of sp³-hybridized carbons (Fsp3) is 1.00. The lowest BCUT2D eigenvalue weighted by Crippen LogP contribution is -2.38. The standard InChI is InChI=1S/C12H22F3NO/c1-2-9-4-3-5-10(8-9)17-11(6-7-16)12(13,14)15/h9-11H,2-8,16H2,1H3. The number of alkyl halides is 3. The molecule has 0 saturated heterocycles. The minimum atomic E-state index is -4.29. The molecule has 1 saturated carbocycles. The maximum absolute atomic E-state index is 12.7. The van der Waals surface area contributed by atoms with Crippen LogP contribution in [0.1, 0.15) is 45.4 Å². The molecule has 0 aromatic heterocycles. The highest BCUT2D eigenvalue weighted by Gasteiger charge is 2.41. The van der Waals surface area contributed by atoms with Crippen molar-refractivity contribution in [2.75, 3.05) is 6.54 Å². The number of ether oxygens (including phenoxy) is 1. The average molecular weight is 253 g/mol. The van der Waals surface area contributed by atoms with Crippen LogP contribution >= 0.6 is 0 Å². The molecular formula is C12H22F3NO. The minimum absolute atomic E-state index is 0.00804. The summed E-state index contributed by atoms with van der Waals surface area (Å²) in [5, 5.41) is 0. The van der Waals surface area contributed by atoms with E-state index in [1.165, 1.54) is 0 Å². The van der Waals surface area contributed by atoms with Gasteiger partial charge < -0.3 is 10.5 Å². The molecule has 2 N–H and O–H groups in total. The second kappa shape index (κ2) is 6.59. The van der Waals surface area contributed by atoms with Crippen LogP contribution < -0.4 is 5.73 Å². The van der Waals surface area contributed by atoms with Gasteiger partial charge in [-0.05, 0) is 31.7 Å². The molecule has 3 unspecified atom stereocenters. The monoisotopic (exact) mass is 253 g/mol. The van der Waals surface area contributed by atoms with Crippen molar-refractivity contribution in [2.24, 2.45) is 11.7 Å². The van der Waals surface area contributed by atoms with Crippen molar-refractivity contribution < 1.29 is 17.9 Å². The largest absolute Gasteiger partial charge is 0.414 e. The number of hydrogen-bond acceptors (Lipinski definition) is 2. The van der Waals surface area contributed by atoms with Gasteiger partial charge in [-0.25, -0.2) is 0 Å². The van der Waals surface area contributed by atoms with E-state index >= 15 is 0 Å². The molecule has 5 heteroatoms. The Labute approximate surface area is 101 Å². The van der Waals surface area contributed by atoms with E-state index in [-0.39, 0.29) is 19.1 Å². The van der Waals surface area contributed by atoms with E-state index in [1.807, 2.05) is 0 Å². The fourth-order valence-electron chi connectivity index (χ4n) is 2.43. The first-order chi connectivity index (χ1) is 7.97. The highest BCUT2D eigenvalue weighted by atomic mass is 19.4. The second-order valence-electron chi connectivity index (χ2n) is 4.81. The first-order valence-electron chi connectivity index (χ1n) is 6.39. The third kappa shape index (κ3) is 4.84. The van der Waals surface area contributed by atoms with Gasteiger partial charge in [0.2, 0.25) is 0 Å². The summed E-state index contributed by atoms with van der Waals surface area (Å²) in [5.74, 6) is 0.514. The predicted octanol–water partition coefficient (Wildman–Crippen LogP) is 3.25. The Balaban J connectivity index is 2.48. The van der Waals surface area contributed by atoms with E-state index in [0.717, 1.165) is 32.1 Å². The lowest BCUT2D eigenvalue weighted by Gasteiger charge is -2.32. The lowest BCUT2D eigenvalue weighted by molar-refractivity contribution is -0.237. The molecule has 1 rings (SSSR count). The molecule has 0 heterocycles. The van der Waals surface area contributed by atoms with Gasteiger partial charge in [-0.15, -0.1) is 0 Å². The second-order valence-corrected chi connectivity index (χ2v) is 4.81. The van der Waals surface area contributed by atoms with Crippen LogP contribution in [-0.2, 0) is 4.74 Å². The van der Waals surface area contributed by atoms with Crippen LogP contribution in [0.5, 0.6) is 0 Å². The zero-order chi connectivity index (χ0) is 12.9. The van der Waals surface area contributed by atoms with Crippen LogP contribution in [0.15, 0.2) is 0 Å². The zero-order valence-corrected chi connectivity index (χ0v) is 10.3. The number of hydrogen-bond donors (Lipinski definition) is 1. The van der Waals surface area contributed by atoms with E-state index in [1.54, 1.807) is 0 Å². The van der Waals surface area contributed by atoms with E-state index < -0.39 is 12.3 Å². The van der Waals surface area contributed by atoms with E-state index in [2.05, 4.69) is 6.92 Å². The Hall–Kier alpha value is -0.290. The molecule has 0 bridgehead atoms. The van der Waals surface area contributed by atoms with Crippen LogP contribution in [0.2, 0.25) is 0 Å². The van der Waals surface area contributed by atoms with Crippen molar-refractivity contribution in [3.63, 3.8) is 0 Å². The third-order valence-electron chi connectivity index (χ3n) is 3.46. The summed E-state index contributed by atoms with van der Waals surface area (Å²) >= 11 is 0. The number of nitrogens with two attached hydrogens (primary N) is 1. The van der Waals surface area contributed by atoms with Crippen molar-refractivity contribution >= 4 is 0 Å². The molecule has 3 atom stereocenters. The Kier molecular flexibility index (Phi) is 5.73. The fourth-order valence-corrected chi connectivity index (χ4v) is 2.43. The van der Waals surface area contributed by atoms with E-state index in [9.17, 15) is 13.2 Å². The molecule has 102 valence electrons. The van der Waals surface area contributed by atoms with Gasteiger partial charge in [0, 0.05) is 0 Å². The first kappa shape index (κ1) is 14.8. The number of halogens is 3. The molecule has 0 aromatic carbocycles. The summed E-state index contributed by atoms with van der Waals surface area (Å²) in [6, 6.07) is 0. The van der Waals surface area contributed by atoms with Gasteiger partial charge >= 0.3 is 6.18 Å². The quantitative estimate of drug-likeness (QED) is 0.816. The topological polar surface area (TPSA) is 35.2 Å². The zero-order valence-electron chi connectivity index (χ0n) is 10.3. The van der Waals surface area contributed by atoms with Gasteiger partial charge in [-0.3, -0.25) is 0 Å². The SMILES string of the molecule is CCC1CCCC(OC(CCN)C(F)(F)F)C1. The lowest BCUT2D eigenvalue weighted by atomic mass is 9.85. The number of rotatable bonds is 5. The molecule has 0 aromatic rings. The predicted molar refractivity (Wildman–Crippen MR) is 60.6 cm³/mol. The Morgan fingerprint density at radius 2 is 2.06 bits per heavy atom. The molecule has 0 radical (unpaired) electrons. The summed E-state index contributed by atoms with van der Waals surface area (Å²) in [7, 11) is 0. The minimum Gasteiger partial charge on any atom is -0.365 e. The maximum atomic E-state index is 12.7. The molecule has 0 spiro atoms. The van der Waals surface area contributed by atoms with E-state index in [0.29, 0.717) is 5.92 Å². The van der Waals surface area contributed by atoms with Crippen molar-refractivity contribution in [3.8, 4) is 0 Å². The molecule has 2 nitrogen and oxygen atoms in total. The van der Waals surface area contributed by atoms with Crippen LogP contribution in [0.4, 0.5) is 13.2 Å². The van der Waals surface area contributed by atoms with Gasteiger partial charge in [-0.2, -0.15) is 13.2 Å².